The van der Waals surface area contributed by atoms with Gasteiger partial charge in [0.2, 0.25) is 0 Å². The summed E-state index contributed by atoms with van der Waals surface area (Å²) < 4.78 is 11.8. The maximum absolute atomic E-state index is 5.88. The Morgan fingerprint density at radius 1 is 0.923 bits per heavy atom. The summed E-state index contributed by atoms with van der Waals surface area (Å²) in [5.74, 6) is 0. The molecule has 0 bridgehead atoms. The summed E-state index contributed by atoms with van der Waals surface area (Å²) >= 11 is 0. The SMILES string of the molecule is CCO[Si](C)(CCCCCCCCC1=CC[C-]=C1C)OCC.[CH3-].[CH3-].[CH3-].[Pt+4]. The Labute approximate surface area is 181 Å². The van der Waals surface area contributed by atoms with Crippen molar-refractivity contribution in [1.82, 2.24) is 0 Å². The van der Waals surface area contributed by atoms with Gasteiger partial charge in [0.05, 0.1) is 0 Å². The second-order valence-corrected chi connectivity index (χ2v) is 9.70. The van der Waals surface area contributed by atoms with Gasteiger partial charge in [0.1, 0.15) is 0 Å². The monoisotopic (exact) mass is 563 g/mol. The average Bonchev–Trinajstić information content (AvgIpc) is 2.88. The Balaban J connectivity index is -0.000000605. The zero-order valence-corrected chi connectivity index (χ0v) is 21.8. The standard InChI is InChI=1S/C19H35O2Si.3CH3.Pt/c1-5-20-22(4,21-6-2)17-12-10-8-7-9-11-15-19-16-13-14-18(19)3;;;;/h16H,5-13,15,17H2,1-4H3;3*1H3;/q4*-1;+4. The van der Waals surface area contributed by atoms with Crippen molar-refractivity contribution in [3.05, 3.63) is 45.6 Å². The second kappa shape index (κ2) is 20.1. The number of allylic oxidation sites excluding steroid dienone is 4. The molecule has 0 spiro atoms. The van der Waals surface area contributed by atoms with Crippen LogP contribution in [0.25, 0.3) is 0 Å². The molecule has 0 atom stereocenters. The summed E-state index contributed by atoms with van der Waals surface area (Å²) in [6.07, 6.45) is 16.0. The number of unbranched alkanes of at least 4 members (excludes halogenated alkanes) is 5. The van der Waals surface area contributed by atoms with E-state index < -0.39 is 8.56 Å². The molecule has 0 fully saturated rings. The molecule has 0 amide bonds. The molecule has 2 nitrogen and oxygen atoms in total. The van der Waals surface area contributed by atoms with E-state index in [4.69, 9.17) is 8.85 Å². The van der Waals surface area contributed by atoms with Crippen LogP contribution in [0, 0.1) is 28.4 Å². The third kappa shape index (κ3) is 14.4. The van der Waals surface area contributed by atoms with E-state index >= 15 is 0 Å². The summed E-state index contributed by atoms with van der Waals surface area (Å²) in [6.45, 7) is 10.1. The number of rotatable bonds is 13. The molecule has 1 rings (SSSR count). The molecule has 0 aliphatic heterocycles. The maximum Gasteiger partial charge on any atom is 4.00 e. The van der Waals surface area contributed by atoms with Crippen molar-refractivity contribution < 1.29 is 29.9 Å². The number of hydrogen-bond acceptors (Lipinski definition) is 2. The van der Waals surface area contributed by atoms with Crippen LogP contribution < -0.4 is 0 Å². The van der Waals surface area contributed by atoms with Crippen LogP contribution in [0.2, 0.25) is 12.6 Å². The van der Waals surface area contributed by atoms with Crippen molar-refractivity contribution in [2.24, 2.45) is 0 Å². The first-order valence-electron chi connectivity index (χ1n) is 9.16. The van der Waals surface area contributed by atoms with Gasteiger partial charge in [-0.25, -0.2) is 5.57 Å². The summed E-state index contributed by atoms with van der Waals surface area (Å²) in [5.41, 5.74) is 2.92. The fraction of sp³-hybridized carbons (Fsp3) is 0.682. The van der Waals surface area contributed by atoms with Gasteiger partial charge in [-0.15, -0.1) is 6.42 Å². The molecule has 1 aliphatic rings. The predicted octanol–water partition coefficient (Wildman–Crippen LogP) is 7.29. The topological polar surface area (TPSA) is 18.5 Å². The maximum atomic E-state index is 5.88. The molecule has 0 aromatic heterocycles. The summed E-state index contributed by atoms with van der Waals surface area (Å²) in [7, 11) is -1.87. The molecule has 0 N–H and O–H groups in total. The van der Waals surface area contributed by atoms with Crippen molar-refractivity contribution in [2.45, 2.75) is 84.7 Å². The van der Waals surface area contributed by atoms with Gasteiger partial charge in [-0.1, -0.05) is 51.9 Å². The zero-order valence-electron chi connectivity index (χ0n) is 18.5. The molecule has 0 heterocycles. The van der Waals surface area contributed by atoms with Gasteiger partial charge in [0.15, 0.2) is 0 Å². The third-order valence-corrected chi connectivity index (χ3v) is 7.48. The van der Waals surface area contributed by atoms with E-state index in [-0.39, 0.29) is 43.3 Å². The molecule has 1 aliphatic carbocycles. The molecule has 4 heteroatoms. The minimum Gasteiger partial charge on any atom is -0.395 e. The molecular weight excluding hydrogens is 519 g/mol. The van der Waals surface area contributed by atoms with Crippen molar-refractivity contribution in [2.75, 3.05) is 13.2 Å². The molecule has 0 unspecified atom stereocenters. The van der Waals surface area contributed by atoms with E-state index in [1.807, 2.05) is 0 Å². The molecule has 0 aromatic carbocycles. The van der Waals surface area contributed by atoms with Gasteiger partial charge >= 0.3 is 29.6 Å². The van der Waals surface area contributed by atoms with Gasteiger partial charge in [-0.05, 0) is 26.4 Å². The normalized spacial score (nSPS) is 12.8. The smallest absolute Gasteiger partial charge is 0.395 e. The van der Waals surface area contributed by atoms with Crippen LogP contribution in [0.4, 0.5) is 0 Å². The van der Waals surface area contributed by atoms with Crippen LogP contribution in [-0.2, 0) is 29.9 Å². The minimum absolute atomic E-state index is 0. The van der Waals surface area contributed by atoms with Crippen molar-refractivity contribution in [3.8, 4) is 0 Å². The average molecular weight is 564 g/mol. The number of hydrogen-bond donors (Lipinski definition) is 0. The van der Waals surface area contributed by atoms with Gasteiger partial charge in [-0.2, -0.15) is 11.6 Å². The molecule has 0 radical (unpaired) electrons. The van der Waals surface area contributed by atoms with E-state index in [1.165, 1.54) is 56.1 Å². The molecule has 0 aromatic rings. The Bertz CT molecular complexity index is 361. The predicted molar refractivity (Wildman–Crippen MR) is 116 cm³/mol. The van der Waals surface area contributed by atoms with Gasteiger partial charge < -0.3 is 31.1 Å². The van der Waals surface area contributed by atoms with Crippen LogP contribution in [-0.4, -0.2) is 21.8 Å². The summed E-state index contributed by atoms with van der Waals surface area (Å²) in [4.78, 5) is 0. The quantitative estimate of drug-likeness (QED) is 0.133. The molecule has 0 saturated carbocycles. The van der Waals surface area contributed by atoms with Gasteiger partial charge in [0.25, 0.3) is 0 Å². The Morgan fingerprint density at radius 3 is 1.88 bits per heavy atom. The summed E-state index contributed by atoms with van der Waals surface area (Å²) in [6, 6.07) is 1.14. The van der Waals surface area contributed by atoms with Crippen LogP contribution >= 0.6 is 0 Å². The fourth-order valence-electron chi connectivity index (χ4n) is 3.15. The van der Waals surface area contributed by atoms with E-state index in [0.717, 1.165) is 25.7 Å². The van der Waals surface area contributed by atoms with E-state index in [2.05, 4.69) is 39.5 Å². The van der Waals surface area contributed by atoms with E-state index in [0.29, 0.717) is 0 Å². The zero-order chi connectivity index (χ0) is 16.3. The van der Waals surface area contributed by atoms with Crippen LogP contribution in [0.5, 0.6) is 0 Å². The van der Waals surface area contributed by atoms with E-state index in [1.54, 1.807) is 0 Å². The van der Waals surface area contributed by atoms with Crippen molar-refractivity contribution in [3.63, 3.8) is 0 Å². The first-order valence-corrected chi connectivity index (χ1v) is 11.7. The van der Waals surface area contributed by atoms with Crippen LogP contribution in [0.15, 0.2) is 17.2 Å². The Morgan fingerprint density at radius 2 is 1.42 bits per heavy atom. The van der Waals surface area contributed by atoms with Gasteiger partial charge in [0, 0.05) is 13.2 Å². The van der Waals surface area contributed by atoms with Crippen LogP contribution in [0.1, 0.15) is 72.1 Å². The minimum atomic E-state index is -1.87. The first-order chi connectivity index (χ1) is 10.6. The molecule has 0 saturated heterocycles. The van der Waals surface area contributed by atoms with Gasteiger partial charge in [-0.3, -0.25) is 6.08 Å². The van der Waals surface area contributed by atoms with Crippen molar-refractivity contribution in [1.29, 1.82) is 0 Å². The summed E-state index contributed by atoms with van der Waals surface area (Å²) in [5, 5.41) is 0. The molecule has 158 valence electrons. The second-order valence-electron chi connectivity index (χ2n) is 6.36. The molecule has 26 heavy (non-hydrogen) atoms. The van der Waals surface area contributed by atoms with Crippen molar-refractivity contribution >= 4 is 8.56 Å². The first kappa shape index (κ1) is 33.9. The Kier molecular flexibility index (Phi) is 26.1. The fourth-order valence-corrected chi connectivity index (χ4v) is 5.63. The molecular formula is C22H44O2PtSi. The Hall–Kier alpha value is 0.305. The third-order valence-electron chi connectivity index (χ3n) is 4.42. The van der Waals surface area contributed by atoms with E-state index in [9.17, 15) is 0 Å². The largest absolute Gasteiger partial charge is 4.00 e. The van der Waals surface area contributed by atoms with Crippen LogP contribution in [0.3, 0.4) is 0 Å².